The summed E-state index contributed by atoms with van der Waals surface area (Å²) in [4.78, 5) is 17.6. The first-order chi connectivity index (χ1) is 9.25. The zero-order chi connectivity index (χ0) is 13.2. The Hall–Kier alpha value is -2.14. The van der Waals surface area contributed by atoms with Crippen LogP contribution in [0.3, 0.4) is 0 Å². The Balaban J connectivity index is 2.11. The van der Waals surface area contributed by atoms with Gasteiger partial charge in [0.05, 0.1) is 24.3 Å². The van der Waals surface area contributed by atoms with E-state index in [9.17, 15) is 4.79 Å². The summed E-state index contributed by atoms with van der Waals surface area (Å²) in [5.74, 6) is -0.918. The third kappa shape index (κ3) is 2.24. The molecule has 0 unspecified atom stereocenters. The molecule has 0 radical (unpaired) electrons. The van der Waals surface area contributed by atoms with Gasteiger partial charge in [-0.1, -0.05) is 0 Å². The molecule has 2 heterocycles. The molecule has 5 heteroatoms. The summed E-state index contributed by atoms with van der Waals surface area (Å²) in [6.45, 7) is 3.03. The number of fused-ring (bicyclic) bond motifs is 1. The van der Waals surface area contributed by atoms with E-state index in [1.54, 1.807) is 24.4 Å². The van der Waals surface area contributed by atoms with Crippen LogP contribution in [0.1, 0.15) is 10.4 Å². The van der Waals surface area contributed by atoms with Crippen LogP contribution < -0.4 is 4.90 Å². The number of pyridine rings is 1. The Morgan fingerprint density at radius 1 is 1.26 bits per heavy atom. The average molecular weight is 258 g/mol. The summed E-state index contributed by atoms with van der Waals surface area (Å²) >= 11 is 0. The molecule has 1 aromatic carbocycles. The minimum atomic E-state index is -0.918. The summed E-state index contributed by atoms with van der Waals surface area (Å²) in [7, 11) is 0. The van der Waals surface area contributed by atoms with Crippen LogP contribution in [0.5, 0.6) is 0 Å². The molecule has 3 rings (SSSR count). The van der Waals surface area contributed by atoms with Gasteiger partial charge < -0.3 is 14.7 Å². The van der Waals surface area contributed by atoms with Crippen molar-refractivity contribution in [1.29, 1.82) is 0 Å². The second kappa shape index (κ2) is 4.85. The fourth-order valence-electron chi connectivity index (χ4n) is 2.34. The molecule has 1 fully saturated rings. The number of morpholine rings is 1. The van der Waals surface area contributed by atoms with Crippen LogP contribution in [0, 0.1) is 0 Å². The van der Waals surface area contributed by atoms with E-state index >= 15 is 0 Å². The smallest absolute Gasteiger partial charge is 0.335 e. The molecule has 0 saturated carbocycles. The summed E-state index contributed by atoms with van der Waals surface area (Å²) in [5.41, 5.74) is 2.13. The Morgan fingerprint density at radius 3 is 2.79 bits per heavy atom. The van der Waals surface area contributed by atoms with E-state index in [-0.39, 0.29) is 5.56 Å². The lowest BCUT2D eigenvalue weighted by molar-refractivity contribution is 0.0697. The number of anilines is 1. The highest BCUT2D eigenvalue weighted by Gasteiger charge is 2.15. The molecule has 0 amide bonds. The largest absolute Gasteiger partial charge is 0.478 e. The first-order valence-electron chi connectivity index (χ1n) is 6.20. The number of hydrogen-bond donors (Lipinski definition) is 1. The van der Waals surface area contributed by atoms with Gasteiger partial charge in [0, 0.05) is 30.4 Å². The zero-order valence-corrected chi connectivity index (χ0v) is 10.4. The average Bonchev–Trinajstić information content (AvgIpc) is 2.47. The molecule has 2 aromatic rings. The van der Waals surface area contributed by atoms with Gasteiger partial charge in [0.15, 0.2) is 0 Å². The first-order valence-corrected chi connectivity index (χ1v) is 6.20. The van der Waals surface area contributed by atoms with Crippen molar-refractivity contribution >= 4 is 22.6 Å². The first kappa shape index (κ1) is 11.9. The van der Waals surface area contributed by atoms with Crippen molar-refractivity contribution in [2.24, 2.45) is 0 Å². The van der Waals surface area contributed by atoms with Gasteiger partial charge >= 0.3 is 5.97 Å². The highest BCUT2D eigenvalue weighted by Crippen LogP contribution is 2.27. The molecule has 19 heavy (non-hydrogen) atoms. The minimum absolute atomic E-state index is 0.287. The number of ether oxygens (including phenoxy) is 1. The van der Waals surface area contributed by atoms with Crippen LogP contribution in [0.2, 0.25) is 0 Å². The predicted molar refractivity (Wildman–Crippen MR) is 71.7 cm³/mol. The Labute approximate surface area is 110 Å². The van der Waals surface area contributed by atoms with Gasteiger partial charge in [-0.05, 0) is 24.3 Å². The molecular weight excluding hydrogens is 244 g/mol. The third-order valence-corrected chi connectivity index (χ3v) is 3.32. The van der Waals surface area contributed by atoms with Crippen molar-refractivity contribution in [2.75, 3.05) is 31.2 Å². The van der Waals surface area contributed by atoms with Gasteiger partial charge in [0.25, 0.3) is 0 Å². The van der Waals surface area contributed by atoms with Crippen molar-refractivity contribution in [1.82, 2.24) is 4.98 Å². The molecule has 1 N–H and O–H groups in total. The fraction of sp³-hybridized carbons (Fsp3) is 0.286. The zero-order valence-electron chi connectivity index (χ0n) is 10.4. The second-order valence-corrected chi connectivity index (χ2v) is 4.47. The van der Waals surface area contributed by atoms with Crippen LogP contribution in [-0.2, 0) is 4.74 Å². The van der Waals surface area contributed by atoms with E-state index in [0.29, 0.717) is 13.2 Å². The van der Waals surface area contributed by atoms with Gasteiger partial charge in [-0.2, -0.15) is 0 Å². The number of aromatic nitrogens is 1. The number of carbonyl (C=O) groups is 1. The molecule has 0 bridgehead atoms. The van der Waals surface area contributed by atoms with Crippen LogP contribution in [-0.4, -0.2) is 42.4 Å². The van der Waals surface area contributed by atoms with Crippen LogP contribution >= 0.6 is 0 Å². The van der Waals surface area contributed by atoms with E-state index in [4.69, 9.17) is 9.84 Å². The number of aromatic carboxylic acids is 1. The molecule has 0 spiro atoms. The van der Waals surface area contributed by atoms with Crippen molar-refractivity contribution in [3.63, 3.8) is 0 Å². The van der Waals surface area contributed by atoms with E-state index in [2.05, 4.69) is 9.88 Å². The third-order valence-electron chi connectivity index (χ3n) is 3.32. The Bertz CT molecular complexity index is 621. The monoisotopic (exact) mass is 258 g/mol. The Morgan fingerprint density at radius 2 is 2.05 bits per heavy atom. The van der Waals surface area contributed by atoms with Crippen molar-refractivity contribution in [3.05, 3.63) is 36.0 Å². The van der Waals surface area contributed by atoms with E-state index in [1.807, 2.05) is 6.07 Å². The number of carboxylic acid groups (broad SMARTS) is 1. The molecule has 1 saturated heterocycles. The topological polar surface area (TPSA) is 62.7 Å². The number of carboxylic acids is 1. The molecular formula is C14H14N2O3. The summed E-state index contributed by atoms with van der Waals surface area (Å²) in [6.07, 6.45) is 1.76. The van der Waals surface area contributed by atoms with Gasteiger partial charge in [-0.25, -0.2) is 4.79 Å². The summed E-state index contributed by atoms with van der Waals surface area (Å²) < 4.78 is 5.34. The molecule has 1 aliphatic heterocycles. The van der Waals surface area contributed by atoms with Gasteiger partial charge in [-0.15, -0.1) is 0 Å². The maximum atomic E-state index is 11.1. The highest BCUT2D eigenvalue weighted by atomic mass is 16.5. The standard InChI is InChI=1S/C14H14N2O3/c17-14(18)10-1-2-12-11(9-10)13(3-4-15-12)16-5-7-19-8-6-16/h1-4,9H,5-8H2,(H,17,18). The molecule has 1 aliphatic rings. The van der Waals surface area contributed by atoms with Gasteiger partial charge in [0.1, 0.15) is 0 Å². The summed E-state index contributed by atoms with van der Waals surface area (Å²) in [6, 6.07) is 6.96. The molecule has 0 aliphatic carbocycles. The predicted octanol–water partition coefficient (Wildman–Crippen LogP) is 1.77. The molecule has 5 nitrogen and oxygen atoms in total. The van der Waals surface area contributed by atoms with E-state index in [0.717, 1.165) is 29.7 Å². The van der Waals surface area contributed by atoms with Gasteiger partial charge in [-0.3, -0.25) is 4.98 Å². The molecule has 98 valence electrons. The van der Waals surface area contributed by atoms with Crippen LogP contribution in [0.25, 0.3) is 10.9 Å². The van der Waals surface area contributed by atoms with Crippen molar-refractivity contribution < 1.29 is 14.6 Å². The second-order valence-electron chi connectivity index (χ2n) is 4.47. The van der Waals surface area contributed by atoms with Crippen molar-refractivity contribution in [3.8, 4) is 0 Å². The van der Waals surface area contributed by atoms with Crippen molar-refractivity contribution in [2.45, 2.75) is 0 Å². The maximum Gasteiger partial charge on any atom is 0.335 e. The fourth-order valence-corrected chi connectivity index (χ4v) is 2.34. The van der Waals surface area contributed by atoms with E-state index in [1.165, 1.54) is 0 Å². The molecule has 0 atom stereocenters. The lowest BCUT2D eigenvalue weighted by Crippen LogP contribution is -2.36. The number of nitrogens with zero attached hydrogens (tertiary/aromatic N) is 2. The van der Waals surface area contributed by atoms with Gasteiger partial charge in [0.2, 0.25) is 0 Å². The molecule has 1 aromatic heterocycles. The quantitative estimate of drug-likeness (QED) is 0.889. The number of rotatable bonds is 2. The SMILES string of the molecule is O=C(O)c1ccc2nccc(N3CCOCC3)c2c1. The van der Waals surface area contributed by atoms with E-state index < -0.39 is 5.97 Å². The lowest BCUT2D eigenvalue weighted by atomic mass is 10.1. The normalized spacial score (nSPS) is 15.7. The highest BCUT2D eigenvalue weighted by molar-refractivity contribution is 5.98. The minimum Gasteiger partial charge on any atom is -0.478 e. The van der Waals surface area contributed by atoms with Crippen LogP contribution in [0.4, 0.5) is 5.69 Å². The Kier molecular flexibility index (Phi) is 3.05. The summed E-state index contributed by atoms with van der Waals surface area (Å²) in [5, 5.41) is 9.97. The maximum absolute atomic E-state index is 11.1. The lowest BCUT2D eigenvalue weighted by Gasteiger charge is -2.29. The number of hydrogen-bond acceptors (Lipinski definition) is 4. The number of benzene rings is 1. The van der Waals surface area contributed by atoms with Crippen LogP contribution in [0.15, 0.2) is 30.5 Å².